The molecule has 1 aromatic carbocycles. The summed E-state index contributed by atoms with van der Waals surface area (Å²) in [5.41, 5.74) is 4.06. The van der Waals surface area contributed by atoms with Gasteiger partial charge in [0.25, 0.3) is 5.91 Å². The van der Waals surface area contributed by atoms with E-state index in [1.807, 2.05) is 31.3 Å². The van der Waals surface area contributed by atoms with Crippen LogP contribution in [0.5, 0.6) is 0 Å². The maximum atomic E-state index is 12.2. The third-order valence-electron chi connectivity index (χ3n) is 3.80. The van der Waals surface area contributed by atoms with Crippen LogP contribution in [0.1, 0.15) is 21.6 Å². The quantitative estimate of drug-likeness (QED) is 0.750. The number of amides is 1. The molecule has 0 saturated carbocycles. The molecule has 0 spiro atoms. The Balaban J connectivity index is 1.68. The van der Waals surface area contributed by atoms with Gasteiger partial charge >= 0.3 is 0 Å². The maximum absolute atomic E-state index is 12.2. The lowest BCUT2D eigenvalue weighted by atomic mass is 10.1. The van der Waals surface area contributed by atoms with Gasteiger partial charge in [0.1, 0.15) is 0 Å². The van der Waals surface area contributed by atoms with Gasteiger partial charge in [-0.05, 0) is 53.5 Å². The van der Waals surface area contributed by atoms with Crippen LogP contribution < -0.4 is 5.32 Å². The Bertz CT molecular complexity index is 834. The van der Waals surface area contributed by atoms with E-state index in [4.69, 9.17) is 0 Å². The van der Waals surface area contributed by atoms with Crippen LogP contribution in [0.25, 0.3) is 10.9 Å². The number of carbonyl (C=O) groups excluding carboxylic acids is 1. The van der Waals surface area contributed by atoms with E-state index in [-0.39, 0.29) is 5.91 Å². The van der Waals surface area contributed by atoms with Gasteiger partial charge in [-0.1, -0.05) is 0 Å². The number of hydrogen-bond donors (Lipinski definition) is 2. The predicted octanol–water partition coefficient (Wildman–Crippen LogP) is 3.17. The number of nitrogens with one attached hydrogen (secondary N) is 2. The highest BCUT2D eigenvalue weighted by molar-refractivity contribution is 9.10. The van der Waals surface area contributed by atoms with E-state index < -0.39 is 0 Å². The molecule has 0 bridgehead atoms. The Labute approximate surface area is 136 Å². The van der Waals surface area contributed by atoms with Crippen molar-refractivity contribution in [2.75, 3.05) is 6.54 Å². The first-order valence-electron chi connectivity index (χ1n) is 7.09. The summed E-state index contributed by atoms with van der Waals surface area (Å²) in [5.74, 6) is -0.0635. The van der Waals surface area contributed by atoms with Crippen LogP contribution >= 0.6 is 15.9 Å². The Morgan fingerprint density at radius 1 is 1.41 bits per heavy atom. The van der Waals surface area contributed by atoms with E-state index in [1.165, 1.54) is 5.56 Å². The van der Waals surface area contributed by atoms with Crippen molar-refractivity contribution < 1.29 is 4.79 Å². The normalized spacial score (nSPS) is 11.0. The van der Waals surface area contributed by atoms with Crippen LogP contribution in [0.3, 0.4) is 0 Å². The molecule has 22 heavy (non-hydrogen) atoms. The average Bonchev–Trinajstić information content (AvgIpc) is 3.03. The van der Waals surface area contributed by atoms with Crippen molar-refractivity contribution in [3.8, 4) is 0 Å². The Morgan fingerprint density at radius 2 is 2.23 bits per heavy atom. The van der Waals surface area contributed by atoms with Gasteiger partial charge in [-0.15, -0.1) is 0 Å². The summed E-state index contributed by atoms with van der Waals surface area (Å²) >= 11 is 3.35. The molecule has 5 nitrogen and oxygen atoms in total. The lowest BCUT2D eigenvalue weighted by Crippen LogP contribution is -2.27. The first-order valence-corrected chi connectivity index (χ1v) is 7.89. The monoisotopic (exact) mass is 360 g/mol. The zero-order valence-electron chi connectivity index (χ0n) is 12.5. The van der Waals surface area contributed by atoms with Crippen LogP contribution in [-0.4, -0.2) is 27.2 Å². The van der Waals surface area contributed by atoms with Crippen LogP contribution in [0.2, 0.25) is 0 Å². The fraction of sp³-hybridized carbons (Fsp3) is 0.250. The van der Waals surface area contributed by atoms with Gasteiger partial charge < -0.3 is 10.3 Å². The molecule has 6 heteroatoms. The molecule has 0 unspecified atom stereocenters. The van der Waals surface area contributed by atoms with E-state index in [2.05, 4.69) is 38.3 Å². The molecule has 3 aromatic rings. The van der Waals surface area contributed by atoms with Crippen LogP contribution in [0, 0.1) is 13.8 Å². The zero-order chi connectivity index (χ0) is 15.7. The van der Waals surface area contributed by atoms with Crippen LogP contribution in [0.15, 0.2) is 35.1 Å². The van der Waals surface area contributed by atoms with Gasteiger partial charge in [0.15, 0.2) is 0 Å². The number of aromatic nitrogens is 3. The van der Waals surface area contributed by atoms with Gasteiger partial charge in [0.05, 0.1) is 17.2 Å². The van der Waals surface area contributed by atoms with Gasteiger partial charge in [-0.3, -0.25) is 9.48 Å². The maximum Gasteiger partial charge on any atom is 0.251 e. The molecule has 1 amide bonds. The van der Waals surface area contributed by atoms with Crippen molar-refractivity contribution in [2.45, 2.75) is 20.4 Å². The zero-order valence-corrected chi connectivity index (χ0v) is 14.1. The van der Waals surface area contributed by atoms with Crippen molar-refractivity contribution in [2.24, 2.45) is 0 Å². The lowest BCUT2D eigenvalue weighted by Gasteiger charge is -2.06. The number of benzene rings is 1. The first kappa shape index (κ1) is 14.8. The minimum absolute atomic E-state index is 0.0635. The van der Waals surface area contributed by atoms with Crippen molar-refractivity contribution >= 4 is 32.7 Å². The van der Waals surface area contributed by atoms with Crippen molar-refractivity contribution in [3.05, 3.63) is 51.9 Å². The predicted molar refractivity (Wildman–Crippen MR) is 90.0 cm³/mol. The van der Waals surface area contributed by atoms with Gasteiger partial charge in [-0.25, -0.2) is 0 Å². The first-order chi connectivity index (χ1) is 10.5. The summed E-state index contributed by atoms with van der Waals surface area (Å²) in [6.07, 6.45) is 3.61. The highest BCUT2D eigenvalue weighted by atomic mass is 79.9. The molecule has 3 rings (SSSR count). The third kappa shape index (κ3) is 2.92. The fourth-order valence-corrected chi connectivity index (χ4v) is 2.78. The van der Waals surface area contributed by atoms with E-state index in [0.29, 0.717) is 18.7 Å². The molecular formula is C16H17BrN4O. The van der Waals surface area contributed by atoms with E-state index in [0.717, 1.165) is 21.1 Å². The highest BCUT2D eigenvalue weighted by Gasteiger charge is 2.09. The smallest absolute Gasteiger partial charge is 0.251 e. The third-order valence-corrected chi connectivity index (χ3v) is 4.21. The van der Waals surface area contributed by atoms with E-state index in [1.54, 1.807) is 10.9 Å². The Hall–Kier alpha value is -2.08. The second kappa shape index (κ2) is 5.96. The Kier molecular flexibility index (Phi) is 4.02. The van der Waals surface area contributed by atoms with E-state index in [9.17, 15) is 4.79 Å². The number of nitrogens with zero attached hydrogens (tertiary/aromatic N) is 2. The van der Waals surface area contributed by atoms with E-state index >= 15 is 0 Å². The lowest BCUT2D eigenvalue weighted by molar-refractivity contribution is 0.0952. The topological polar surface area (TPSA) is 62.7 Å². The molecule has 2 aromatic heterocycles. The largest absolute Gasteiger partial charge is 0.358 e. The molecule has 2 heterocycles. The number of carbonyl (C=O) groups is 1. The molecule has 0 atom stereocenters. The molecule has 0 fully saturated rings. The fourth-order valence-electron chi connectivity index (χ4n) is 2.45. The average molecular weight is 361 g/mol. The van der Waals surface area contributed by atoms with Crippen LogP contribution in [-0.2, 0) is 6.54 Å². The summed E-state index contributed by atoms with van der Waals surface area (Å²) in [7, 11) is 0. The molecule has 0 saturated heterocycles. The van der Waals surface area contributed by atoms with Crippen molar-refractivity contribution in [1.29, 1.82) is 0 Å². The minimum atomic E-state index is -0.0635. The number of aryl methyl sites for hydroxylation is 2. The van der Waals surface area contributed by atoms with Crippen molar-refractivity contribution in [3.63, 3.8) is 0 Å². The SMILES string of the molecule is Cc1[nH]c2ccc(C(=O)NCCn3cc(Br)cn3)cc2c1C. The molecular weight excluding hydrogens is 344 g/mol. The number of hydrogen-bond acceptors (Lipinski definition) is 2. The number of H-pyrrole nitrogens is 1. The summed E-state index contributed by atoms with van der Waals surface area (Å²) < 4.78 is 2.72. The number of halogens is 1. The van der Waals surface area contributed by atoms with Crippen molar-refractivity contribution in [1.82, 2.24) is 20.1 Å². The summed E-state index contributed by atoms with van der Waals surface area (Å²) in [6, 6.07) is 5.74. The van der Waals surface area contributed by atoms with Gasteiger partial charge in [0.2, 0.25) is 0 Å². The van der Waals surface area contributed by atoms with Crippen LogP contribution in [0.4, 0.5) is 0 Å². The molecule has 0 radical (unpaired) electrons. The molecule has 2 N–H and O–H groups in total. The highest BCUT2D eigenvalue weighted by Crippen LogP contribution is 2.22. The minimum Gasteiger partial charge on any atom is -0.358 e. The second-order valence-electron chi connectivity index (χ2n) is 5.31. The summed E-state index contributed by atoms with van der Waals surface area (Å²) in [6.45, 7) is 5.28. The summed E-state index contributed by atoms with van der Waals surface area (Å²) in [5, 5.41) is 8.18. The molecule has 114 valence electrons. The number of aromatic amines is 1. The molecule has 0 aliphatic carbocycles. The molecule has 0 aliphatic rings. The number of rotatable bonds is 4. The standard InChI is InChI=1S/C16H17BrN4O/c1-10-11(2)20-15-4-3-12(7-14(10)15)16(22)18-5-6-21-9-13(17)8-19-21/h3-4,7-9,20H,5-6H2,1-2H3,(H,18,22). The Morgan fingerprint density at radius 3 is 2.95 bits per heavy atom. The summed E-state index contributed by atoms with van der Waals surface area (Å²) in [4.78, 5) is 15.6. The van der Waals surface area contributed by atoms with Gasteiger partial charge in [0, 0.05) is 34.9 Å². The molecule has 0 aliphatic heterocycles. The van der Waals surface area contributed by atoms with Gasteiger partial charge in [-0.2, -0.15) is 5.10 Å². The number of fused-ring (bicyclic) bond motifs is 1. The second-order valence-corrected chi connectivity index (χ2v) is 6.23.